The third-order valence-corrected chi connectivity index (χ3v) is 2.35. The Labute approximate surface area is 57.9 Å². The summed E-state index contributed by atoms with van der Waals surface area (Å²) in [6.45, 7) is 0. The van der Waals surface area contributed by atoms with E-state index in [0.717, 1.165) is 0 Å². The first-order chi connectivity index (χ1) is 4.70. The van der Waals surface area contributed by atoms with Crippen LogP contribution >= 0.6 is 0 Å². The zero-order valence-electron chi connectivity index (χ0n) is 5.32. The van der Waals surface area contributed by atoms with Gasteiger partial charge in [0.15, 0.2) is 0 Å². The minimum Gasteiger partial charge on any atom is -0.390 e. The molecule has 3 N–H and O–H groups in total. The maximum absolute atomic E-state index is 10.8. The summed E-state index contributed by atoms with van der Waals surface area (Å²) in [5, 5.41) is 20.9. The van der Waals surface area contributed by atoms with E-state index in [-0.39, 0.29) is 17.9 Å². The molecule has 1 aliphatic heterocycles. The number of nitrogens with one attached hydrogen (secondary N) is 1. The van der Waals surface area contributed by atoms with Crippen molar-refractivity contribution in [3.8, 4) is 0 Å². The largest absolute Gasteiger partial charge is 0.390 e. The van der Waals surface area contributed by atoms with Gasteiger partial charge in [-0.3, -0.25) is 4.79 Å². The smallest absolute Gasteiger partial charge is 0.226 e. The molecule has 0 aromatic rings. The first-order valence-electron chi connectivity index (χ1n) is 3.36. The standard InChI is InChI=1S/C6H9NO3/c8-4-2-1-3(5(4)9)7-6(2)10/h2-5,8-9H,1H2,(H,7,10)/t2-,3-,4-,5-/m1/s1. The van der Waals surface area contributed by atoms with Crippen molar-refractivity contribution in [2.75, 3.05) is 0 Å². The van der Waals surface area contributed by atoms with Crippen molar-refractivity contribution in [2.24, 2.45) is 5.92 Å². The SMILES string of the molecule is O=C1N[C@@H]2C[C@@H]1[C@@H](O)[C@@H]2O. The Balaban J connectivity index is 2.24. The van der Waals surface area contributed by atoms with Crippen LogP contribution in [-0.2, 0) is 4.79 Å². The van der Waals surface area contributed by atoms with Crippen LogP contribution in [0.15, 0.2) is 0 Å². The van der Waals surface area contributed by atoms with Crippen LogP contribution < -0.4 is 5.32 Å². The van der Waals surface area contributed by atoms with E-state index in [1.807, 2.05) is 0 Å². The van der Waals surface area contributed by atoms with Gasteiger partial charge in [0.05, 0.1) is 18.1 Å². The fourth-order valence-corrected chi connectivity index (χ4v) is 1.72. The summed E-state index contributed by atoms with van der Waals surface area (Å²) < 4.78 is 0. The van der Waals surface area contributed by atoms with Crippen molar-refractivity contribution in [3.05, 3.63) is 0 Å². The summed E-state index contributed by atoms with van der Waals surface area (Å²) in [7, 11) is 0. The molecular formula is C6H9NO3. The van der Waals surface area contributed by atoms with E-state index < -0.39 is 12.2 Å². The lowest BCUT2D eigenvalue weighted by molar-refractivity contribution is -0.131. The van der Waals surface area contributed by atoms with Crippen LogP contribution in [0.4, 0.5) is 0 Å². The number of fused-ring (bicyclic) bond motifs is 2. The summed E-state index contributed by atoms with van der Waals surface area (Å²) in [5.41, 5.74) is 0. The number of amides is 1. The molecule has 4 atom stereocenters. The highest BCUT2D eigenvalue weighted by Gasteiger charge is 2.51. The fourth-order valence-electron chi connectivity index (χ4n) is 1.72. The number of aliphatic hydroxyl groups is 2. The number of aliphatic hydroxyl groups excluding tert-OH is 2. The lowest BCUT2D eigenvalue weighted by atomic mass is 10.1. The molecule has 2 fully saturated rings. The van der Waals surface area contributed by atoms with Crippen molar-refractivity contribution in [3.63, 3.8) is 0 Å². The molecule has 2 rings (SSSR count). The maximum Gasteiger partial charge on any atom is 0.226 e. The van der Waals surface area contributed by atoms with E-state index in [1.165, 1.54) is 0 Å². The monoisotopic (exact) mass is 143 g/mol. The average molecular weight is 143 g/mol. The van der Waals surface area contributed by atoms with Gasteiger partial charge in [0, 0.05) is 0 Å². The Kier molecular flexibility index (Phi) is 1.04. The topological polar surface area (TPSA) is 69.6 Å². The lowest BCUT2D eigenvalue weighted by Gasteiger charge is -2.22. The molecule has 0 aromatic carbocycles. The number of piperidine rings is 1. The van der Waals surface area contributed by atoms with Crippen molar-refractivity contribution >= 4 is 5.91 Å². The molecule has 0 radical (unpaired) electrons. The van der Waals surface area contributed by atoms with E-state index in [4.69, 9.17) is 10.2 Å². The number of hydrogen-bond acceptors (Lipinski definition) is 3. The van der Waals surface area contributed by atoms with Crippen LogP contribution in [-0.4, -0.2) is 34.4 Å². The Bertz CT molecular complexity index is 180. The van der Waals surface area contributed by atoms with Crippen LogP contribution in [0.5, 0.6) is 0 Å². The first kappa shape index (κ1) is 6.12. The van der Waals surface area contributed by atoms with Gasteiger partial charge < -0.3 is 15.5 Å². The average Bonchev–Trinajstić information content (AvgIpc) is 2.36. The number of rotatable bonds is 0. The first-order valence-corrected chi connectivity index (χ1v) is 3.36. The van der Waals surface area contributed by atoms with Crippen LogP contribution in [0.2, 0.25) is 0 Å². The Morgan fingerprint density at radius 2 is 2.10 bits per heavy atom. The van der Waals surface area contributed by atoms with Gasteiger partial charge in [0.2, 0.25) is 5.91 Å². The molecule has 1 aliphatic carbocycles. The molecule has 2 aliphatic rings. The molecule has 1 saturated heterocycles. The summed E-state index contributed by atoms with van der Waals surface area (Å²) in [5.74, 6) is -0.484. The lowest BCUT2D eigenvalue weighted by Crippen LogP contribution is -2.48. The highest BCUT2D eigenvalue weighted by Crippen LogP contribution is 2.32. The van der Waals surface area contributed by atoms with Gasteiger partial charge in [-0.05, 0) is 6.42 Å². The number of carbonyl (C=O) groups excluding carboxylic acids is 1. The van der Waals surface area contributed by atoms with Gasteiger partial charge in [0.1, 0.15) is 6.10 Å². The second-order valence-corrected chi connectivity index (χ2v) is 2.94. The van der Waals surface area contributed by atoms with Crippen molar-refractivity contribution < 1.29 is 15.0 Å². The Morgan fingerprint density at radius 3 is 2.50 bits per heavy atom. The predicted octanol–water partition coefficient (Wildman–Crippen LogP) is -1.77. The molecule has 4 heteroatoms. The highest BCUT2D eigenvalue weighted by atomic mass is 16.3. The van der Waals surface area contributed by atoms with Crippen LogP contribution in [0.3, 0.4) is 0 Å². The molecule has 10 heavy (non-hydrogen) atoms. The summed E-state index contributed by atoms with van der Waals surface area (Å²) in [6.07, 6.45) is -0.998. The molecule has 0 aromatic heterocycles. The fraction of sp³-hybridized carbons (Fsp3) is 0.833. The molecule has 2 bridgehead atoms. The summed E-state index contributed by atoms with van der Waals surface area (Å²) in [6, 6.07) is -0.201. The second kappa shape index (κ2) is 1.71. The van der Waals surface area contributed by atoms with Crippen molar-refractivity contribution in [1.29, 1.82) is 0 Å². The van der Waals surface area contributed by atoms with E-state index in [9.17, 15) is 4.79 Å². The summed E-state index contributed by atoms with van der Waals surface area (Å²) in [4.78, 5) is 10.8. The third kappa shape index (κ3) is 0.552. The van der Waals surface area contributed by atoms with E-state index >= 15 is 0 Å². The molecular weight excluding hydrogens is 134 g/mol. The van der Waals surface area contributed by atoms with Crippen LogP contribution in [0, 0.1) is 5.92 Å². The molecule has 1 saturated carbocycles. The highest BCUT2D eigenvalue weighted by molar-refractivity contribution is 5.83. The van der Waals surface area contributed by atoms with Gasteiger partial charge >= 0.3 is 0 Å². The number of carbonyl (C=O) groups is 1. The maximum atomic E-state index is 10.8. The van der Waals surface area contributed by atoms with Gasteiger partial charge in [-0.1, -0.05) is 0 Å². The van der Waals surface area contributed by atoms with E-state index in [0.29, 0.717) is 6.42 Å². The molecule has 0 spiro atoms. The molecule has 1 amide bonds. The van der Waals surface area contributed by atoms with Gasteiger partial charge in [0.25, 0.3) is 0 Å². The Hall–Kier alpha value is -0.610. The quantitative estimate of drug-likeness (QED) is 0.375. The van der Waals surface area contributed by atoms with Crippen LogP contribution in [0.25, 0.3) is 0 Å². The molecule has 1 heterocycles. The summed E-state index contributed by atoms with van der Waals surface area (Å²) >= 11 is 0. The zero-order chi connectivity index (χ0) is 7.30. The molecule has 56 valence electrons. The normalized spacial score (nSPS) is 51.6. The van der Waals surface area contributed by atoms with Crippen LogP contribution in [0.1, 0.15) is 6.42 Å². The van der Waals surface area contributed by atoms with Gasteiger partial charge in [-0.15, -0.1) is 0 Å². The molecule has 4 nitrogen and oxygen atoms in total. The van der Waals surface area contributed by atoms with Gasteiger partial charge in [-0.25, -0.2) is 0 Å². The Morgan fingerprint density at radius 1 is 1.40 bits per heavy atom. The third-order valence-electron chi connectivity index (χ3n) is 2.35. The zero-order valence-corrected chi connectivity index (χ0v) is 5.32. The minimum absolute atomic E-state index is 0.122. The van der Waals surface area contributed by atoms with E-state index in [1.54, 1.807) is 0 Å². The minimum atomic E-state index is -0.834. The molecule has 0 unspecified atom stereocenters. The second-order valence-electron chi connectivity index (χ2n) is 2.94. The number of hydrogen-bond donors (Lipinski definition) is 3. The van der Waals surface area contributed by atoms with E-state index in [2.05, 4.69) is 5.32 Å². The predicted molar refractivity (Wildman–Crippen MR) is 32.1 cm³/mol. The van der Waals surface area contributed by atoms with Crippen molar-refractivity contribution in [2.45, 2.75) is 24.7 Å². The van der Waals surface area contributed by atoms with Gasteiger partial charge in [-0.2, -0.15) is 0 Å². The van der Waals surface area contributed by atoms with Crippen molar-refractivity contribution in [1.82, 2.24) is 5.32 Å².